The average molecular weight is 387 g/mol. The van der Waals surface area contributed by atoms with Gasteiger partial charge in [-0.3, -0.25) is 14.5 Å². The number of benzene rings is 1. The van der Waals surface area contributed by atoms with Gasteiger partial charge in [0.1, 0.15) is 18.1 Å². The van der Waals surface area contributed by atoms with Crippen LogP contribution in [0.1, 0.15) is 38.2 Å². The number of nitrogens with zero attached hydrogens (tertiary/aromatic N) is 1. The van der Waals surface area contributed by atoms with Crippen molar-refractivity contribution in [3.05, 3.63) is 35.9 Å². The Hall–Kier alpha value is -2.90. The van der Waals surface area contributed by atoms with Gasteiger partial charge in [-0.2, -0.15) is 0 Å². The smallest absolute Gasteiger partial charge is 0.326 e. The van der Waals surface area contributed by atoms with Gasteiger partial charge in [-0.25, -0.2) is 9.59 Å². The molecule has 1 aliphatic carbocycles. The second kappa shape index (κ2) is 8.00. The van der Waals surface area contributed by atoms with Gasteiger partial charge in [0, 0.05) is 6.42 Å². The van der Waals surface area contributed by atoms with Crippen molar-refractivity contribution < 1.29 is 24.3 Å². The van der Waals surface area contributed by atoms with E-state index in [0.29, 0.717) is 6.42 Å². The fraction of sp³-hybridized carbons (Fsp3) is 0.500. The number of carboxylic acid groups (broad SMARTS) is 1. The molecule has 1 saturated carbocycles. The van der Waals surface area contributed by atoms with Crippen LogP contribution in [0.2, 0.25) is 0 Å². The van der Waals surface area contributed by atoms with Crippen molar-refractivity contribution in [2.24, 2.45) is 5.92 Å². The predicted octanol–water partition coefficient (Wildman–Crippen LogP) is 1.30. The first kappa shape index (κ1) is 19.9. The number of carboxylic acids is 1. The Kier molecular flexibility index (Phi) is 5.67. The lowest BCUT2D eigenvalue weighted by atomic mass is 9.73. The minimum atomic E-state index is -1.17. The minimum Gasteiger partial charge on any atom is -0.480 e. The number of rotatable bonds is 6. The molecular weight excluding hydrogens is 362 g/mol. The second-order valence-electron chi connectivity index (χ2n) is 7.59. The highest BCUT2D eigenvalue weighted by Gasteiger charge is 2.55. The SMILES string of the molecule is CC1CCCCC12NC(=O)N(CC(=O)N[C@@H](Cc1ccccc1)C(=O)O)C2=O. The van der Waals surface area contributed by atoms with Gasteiger partial charge < -0.3 is 15.7 Å². The Morgan fingerprint density at radius 3 is 2.64 bits per heavy atom. The van der Waals surface area contributed by atoms with Crippen LogP contribution in [0.25, 0.3) is 0 Å². The molecule has 3 atom stereocenters. The molecule has 28 heavy (non-hydrogen) atoms. The molecule has 1 aliphatic heterocycles. The number of carbonyl (C=O) groups is 4. The summed E-state index contributed by atoms with van der Waals surface area (Å²) in [7, 11) is 0. The van der Waals surface area contributed by atoms with E-state index in [9.17, 15) is 24.3 Å². The van der Waals surface area contributed by atoms with E-state index in [1.54, 1.807) is 24.3 Å². The molecule has 1 aromatic carbocycles. The summed E-state index contributed by atoms with van der Waals surface area (Å²) in [5.74, 6) is -2.25. The quantitative estimate of drug-likeness (QED) is 0.636. The Balaban J connectivity index is 1.65. The van der Waals surface area contributed by atoms with Crippen LogP contribution in [0.4, 0.5) is 4.79 Å². The molecule has 1 heterocycles. The fourth-order valence-corrected chi connectivity index (χ4v) is 4.07. The second-order valence-corrected chi connectivity index (χ2v) is 7.59. The van der Waals surface area contributed by atoms with E-state index in [2.05, 4.69) is 10.6 Å². The normalized spacial score (nSPS) is 25.5. The van der Waals surface area contributed by atoms with E-state index in [-0.39, 0.29) is 12.3 Å². The molecule has 2 unspecified atom stereocenters. The lowest BCUT2D eigenvalue weighted by molar-refractivity contribution is -0.142. The van der Waals surface area contributed by atoms with E-state index >= 15 is 0 Å². The van der Waals surface area contributed by atoms with Crippen LogP contribution in [0.3, 0.4) is 0 Å². The van der Waals surface area contributed by atoms with E-state index in [1.807, 2.05) is 13.0 Å². The number of urea groups is 1. The molecule has 150 valence electrons. The van der Waals surface area contributed by atoms with Gasteiger partial charge in [-0.1, -0.05) is 50.1 Å². The number of carbonyl (C=O) groups excluding carboxylic acids is 3. The maximum atomic E-state index is 12.9. The predicted molar refractivity (Wildman–Crippen MR) is 100 cm³/mol. The van der Waals surface area contributed by atoms with Crippen LogP contribution >= 0.6 is 0 Å². The van der Waals surface area contributed by atoms with Crippen molar-refractivity contribution >= 4 is 23.8 Å². The summed E-state index contributed by atoms with van der Waals surface area (Å²) in [5.41, 5.74) is -0.175. The zero-order chi connectivity index (χ0) is 20.3. The van der Waals surface area contributed by atoms with E-state index in [0.717, 1.165) is 29.7 Å². The molecule has 0 radical (unpaired) electrons. The van der Waals surface area contributed by atoms with Crippen molar-refractivity contribution in [1.82, 2.24) is 15.5 Å². The molecule has 2 fully saturated rings. The third-order valence-corrected chi connectivity index (χ3v) is 5.72. The maximum Gasteiger partial charge on any atom is 0.326 e. The number of amides is 4. The zero-order valence-electron chi connectivity index (χ0n) is 15.8. The number of hydrogen-bond donors (Lipinski definition) is 3. The summed E-state index contributed by atoms with van der Waals surface area (Å²) in [6.45, 7) is 1.44. The van der Waals surface area contributed by atoms with Crippen molar-refractivity contribution in [3.8, 4) is 0 Å². The highest BCUT2D eigenvalue weighted by molar-refractivity contribution is 6.09. The number of hydrogen-bond acceptors (Lipinski definition) is 4. The molecule has 1 aromatic rings. The van der Waals surface area contributed by atoms with Crippen LogP contribution in [0.5, 0.6) is 0 Å². The molecule has 0 bridgehead atoms. The number of nitrogens with one attached hydrogen (secondary N) is 2. The van der Waals surface area contributed by atoms with Crippen molar-refractivity contribution in [2.45, 2.75) is 50.6 Å². The van der Waals surface area contributed by atoms with Crippen LogP contribution in [-0.4, -0.2) is 51.9 Å². The fourth-order valence-electron chi connectivity index (χ4n) is 4.07. The van der Waals surface area contributed by atoms with Gasteiger partial charge in [0.25, 0.3) is 5.91 Å². The Morgan fingerprint density at radius 1 is 1.29 bits per heavy atom. The van der Waals surface area contributed by atoms with Crippen LogP contribution in [-0.2, 0) is 20.8 Å². The van der Waals surface area contributed by atoms with E-state index in [4.69, 9.17) is 0 Å². The third-order valence-electron chi connectivity index (χ3n) is 5.72. The first-order valence-corrected chi connectivity index (χ1v) is 9.53. The standard InChI is InChI=1S/C20H25N3O5/c1-13-7-5-6-10-20(13)18(27)23(19(28)22-20)12-16(24)21-15(17(25)26)11-14-8-3-2-4-9-14/h2-4,8-9,13,15H,5-7,10-12H2,1H3,(H,21,24)(H,22,28)(H,25,26)/t13?,15-,20?/m0/s1. The molecule has 8 nitrogen and oxygen atoms in total. The molecule has 3 N–H and O–H groups in total. The molecule has 1 saturated heterocycles. The monoisotopic (exact) mass is 387 g/mol. The Labute approximate surface area is 163 Å². The molecule has 1 spiro atoms. The van der Waals surface area contributed by atoms with Gasteiger partial charge in [0.05, 0.1) is 0 Å². The first-order valence-electron chi connectivity index (χ1n) is 9.53. The topological polar surface area (TPSA) is 116 Å². The van der Waals surface area contributed by atoms with Gasteiger partial charge in [0.2, 0.25) is 5.91 Å². The lowest BCUT2D eigenvalue weighted by Gasteiger charge is -2.36. The minimum absolute atomic E-state index is 0.00406. The summed E-state index contributed by atoms with van der Waals surface area (Å²) in [6, 6.07) is 7.20. The molecule has 3 rings (SSSR count). The lowest BCUT2D eigenvalue weighted by Crippen LogP contribution is -2.54. The van der Waals surface area contributed by atoms with Crippen molar-refractivity contribution in [3.63, 3.8) is 0 Å². The highest BCUT2D eigenvalue weighted by atomic mass is 16.4. The molecule has 8 heteroatoms. The van der Waals surface area contributed by atoms with Crippen LogP contribution in [0.15, 0.2) is 30.3 Å². The maximum absolute atomic E-state index is 12.9. The van der Waals surface area contributed by atoms with Gasteiger partial charge in [0.15, 0.2) is 0 Å². The Bertz CT molecular complexity index is 781. The first-order chi connectivity index (χ1) is 13.3. The van der Waals surface area contributed by atoms with Crippen molar-refractivity contribution in [1.29, 1.82) is 0 Å². The summed E-state index contributed by atoms with van der Waals surface area (Å²) >= 11 is 0. The average Bonchev–Trinajstić information content (AvgIpc) is 2.89. The summed E-state index contributed by atoms with van der Waals surface area (Å²) < 4.78 is 0. The molecule has 2 aliphatic rings. The molecular formula is C20H25N3O5. The largest absolute Gasteiger partial charge is 0.480 e. The third kappa shape index (κ3) is 3.85. The summed E-state index contributed by atoms with van der Waals surface area (Å²) in [4.78, 5) is 50.1. The van der Waals surface area contributed by atoms with Crippen LogP contribution in [0, 0.1) is 5.92 Å². The van der Waals surface area contributed by atoms with Crippen LogP contribution < -0.4 is 10.6 Å². The molecule has 0 aromatic heterocycles. The van der Waals surface area contributed by atoms with E-state index < -0.39 is 41.9 Å². The number of imide groups is 1. The van der Waals surface area contributed by atoms with Crippen molar-refractivity contribution in [2.75, 3.05) is 6.54 Å². The summed E-state index contributed by atoms with van der Waals surface area (Å²) in [6.07, 6.45) is 3.36. The summed E-state index contributed by atoms with van der Waals surface area (Å²) in [5, 5.41) is 14.6. The molecule has 4 amide bonds. The van der Waals surface area contributed by atoms with Gasteiger partial charge >= 0.3 is 12.0 Å². The Morgan fingerprint density at radius 2 is 2.00 bits per heavy atom. The highest BCUT2D eigenvalue weighted by Crippen LogP contribution is 2.38. The van der Waals surface area contributed by atoms with E-state index in [1.165, 1.54) is 0 Å². The van der Waals surface area contributed by atoms with Gasteiger partial charge in [-0.15, -0.1) is 0 Å². The van der Waals surface area contributed by atoms with Gasteiger partial charge in [-0.05, 0) is 24.3 Å². The number of aliphatic carboxylic acids is 1. The zero-order valence-corrected chi connectivity index (χ0v) is 15.8.